The first-order valence-electron chi connectivity index (χ1n) is 30.2. The first-order chi connectivity index (χ1) is 40.2. The molecule has 86 heavy (non-hydrogen) atoms. The number of nitrogens with two attached hydrogens (primary N) is 2. The number of nitrogens with zero attached hydrogens (tertiary/aromatic N) is 6. The van der Waals surface area contributed by atoms with Crippen molar-refractivity contribution in [3.05, 3.63) is 213 Å². The quantitative estimate of drug-likeness (QED) is 0.128. The van der Waals surface area contributed by atoms with Crippen molar-refractivity contribution in [1.29, 1.82) is 0 Å². The maximum Gasteiger partial charge on any atom is 0.181 e. The van der Waals surface area contributed by atoms with Gasteiger partial charge in [0.25, 0.3) is 0 Å². The van der Waals surface area contributed by atoms with Crippen molar-refractivity contribution in [2.24, 2.45) is 11.5 Å². The standard InChI is InChI=1S/C76H84N10/c1-71(2,3)49-31-19-43(20-32-49)55-56(44-21-33-50(34-22-44)72(4,5)6)64-79-63(55)80-65-57(45-23-35-51(36-24-45)73(7,8)9)59(47-27-39-53(40-28-47)75(13,14)15)67(82-65)84-69-61(77)62(78)70(86-69)85-68-60(48-29-41-54(42-30-48)76(16,17)18)58(66(81-64)83-68)46-25-37-52(38-26-46)74(10,11)12/h19-42H,77-78H2,1-18H3,(H2,79,80,81,82,83,84,85,86). The van der Waals surface area contributed by atoms with E-state index in [4.69, 9.17) is 41.4 Å². The van der Waals surface area contributed by atoms with Crippen molar-refractivity contribution in [1.82, 2.24) is 39.9 Å². The minimum atomic E-state index is -0.0944. The van der Waals surface area contributed by atoms with E-state index in [2.05, 4.69) is 280 Å². The van der Waals surface area contributed by atoms with E-state index in [1.807, 2.05) is 0 Å². The van der Waals surface area contributed by atoms with Gasteiger partial charge in [0.15, 0.2) is 23.3 Å². The number of hydrogen-bond acceptors (Lipinski definition) is 8. The van der Waals surface area contributed by atoms with Crippen molar-refractivity contribution >= 4 is 45.1 Å². The SMILES string of the molecule is CC(C)(C)c1ccc(C2=C(c3ccc(C(C)(C)C)cc3)c3nc2nc2[nH]c(nc4nc(nc5[nH]c(n3)c(-c3ccc(C(C)(C)C)cc3)c5-c3ccc(C(C)(C)C)cc3)C(N)=C4N)c(-c3ccc(C(C)(C)C)cc3)c2-c2ccc(C(C)(C)C)cc2)cc1. The molecule has 0 aliphatic carbocycles. The Morgan fingerprint density at radius 3 is 0.605 bits per heavy atom. The third kappa shape index (κ3) is 11.3. The fraction of sp³-hybridized carbons (Fsp3) is 0.316. The lowest BCUT2D eigenvalue weighted by molar-refractivity contribution is 0.590. The number of aromatic nitrogens is 8. The molecule has 0 spiro atoms. The molecule has 11 rings (SSSR count). The Labute approximate surface area is 508 Å². The Balaban J connectivity index is 1.37. The minimum Gasteiger partial charge on any atom is -0.394 e. The van der Waals surface area contributed by atoms with Crippen LogP contribution < -0.4 is 11.5 Å². The highest BCUT2D eigenvalue weighted by atomic mass is 15.1. The van der Waals surface area contributed by atoms with Gasteiger partial charge in [-0.05, 0) is 99.3 Å². The third-order valence-corrected chi connectivity index (χ3v) is 16.9. The molecule has 2 aliphatic rings. The number of aromatic amines is 2. The average molecular weight is 1140 g/mol. The molecule has 2 aliphatic heterocycles. The van der Waals surface area contributed by atoms with Crippen LogP contribution in [0.5, 0.6) is 0 Å². The van der Waals surface area contributed by atoms with E-state index in [1.165, 1.54) is 33.4 Å². The summed E-state index contributed by atoms with van der Waals surface area (Å²) in [5.41, 5.74) is 34.0. The molecule has 0 unspecified atom stereocenters. The first kappa shape index (κ1) is 59.0. The lowest BCUT2D eigenvalue weighted by Crippen LogP contribution is -2.11. The number of nitrogens with one attached hydrogen (secondary N) is 2. The molecule has 3 aromatic heterocycles. The number of rotatable bonds is 6. The summed E-state index contributed by atoms with van der Waals surface area (Å²) < 4.78 is 0. The van der Waals surface area contributed by atoms with Gasteiger partial charge in [-0.3, -0.25) is 0 Å². The monoisotopic (exact) mass is 1140 g/mol. The number of benzene rings is 6. The van der Waals surface area contributed by atoms with Crippen LogP contribution in [0.15, 0.2) is 146 Å². The molecule has 0 saturated carbocycles. The molecule has 0 atom stereocenters. The van der Waals surface area contributed by atoms with Crippen molar-refractivity contribution in [3.63, 3.8) is 0 Å². The number of H-pyrrole nitrogens is 2. The largest absolute Gasteiger partial charge is 0.394 e. The van der Waals surface area contributed by atoms with E-state index in [0.29, 0.717) is 34.2 Å². The molecule has 0 radical (unpaired) electrons. The molecule has 438 valence electrons. The van der Waals surface area contributed by atoms with Gasteiger partial charge in [0, 0.05) is 33.4 Å². The number of hydrogen-bond donors (Lipinski definition) is 4. The van der Waals surface area contributed by atoms with Crippen LogP contribution in [0.3, 0.4) is 0 Å². The molecular formula is C76H84N10. The van der Waals surface area contributed by atoms with Crippen LogP contribution in [-0.4, -0.2) is 39.9 Å². The zero-order chi connectivity index (χ0) is 61.8. The lowest BCUT2D eigenvalue weighted by atomic mass is 9.84. The minimum absolute atomic E-state index is 0.0869. The van der Waals surface area contributed by atoms with Crippen LogP contribution in [0.4, 0.5) is 0 Å². The molecule has 6 N–H and O–H groups in total. The topological polar surface area (TPSA) is 161 Å². The summed E-state index contributed by atoms with van der Waals surface area (Å²) in [6.07, 6.45) is 0. The van der Waals surface area contributed by atoms with E-state index in [9.17, 15) is 0 Å². The van der Waals surface area contributed by atoms with Crippen molar-refractivity contribution in [3.8, 4) is 44.5 Å². The molecule has 10 nitrogen and oxygen atoms in total. The van der Waals surface area contributed by atoms with Gasteiger partial charge in [-0.1, -0.05) is 270 Å². The van der Waals surface area contributed by atoms with Gasteiger partial charge >= 0.3 is 0 Å². The molecule has 0 saturated heterocycles. The van der Waals surface area contributed by atoms with Crippen LogP contribution in [0.1, 0.15) is 192 Å². The van der Waals surface area contributed by atoms with E-state index in [1.54, 1.807) is 0 Å². The lowest BCUT2D eigenvalue weighted by Gasteiger charge is -2.20. The second kappa shape index (κ2) is 21.0. The van der Waals surface area contributed by atoms with E-state index in [-0.39, 0.29) is 55.5 Å². The van der Waals surface area contributed by atoms with Crippen molar-refractivity contribution in [2.75, 3.05) is 0 Å². The van der Waals surface area contributed by atoms with Gasteiger partial charge in [-0.15, -0.1) is 0 Å². The maximum atomic E-state index is 7.09. The van der Waals surface area contributed by atoms with Crippen molar-refractivity contribution in [2.45, 2.75) is 157 Å². The molecule has 5 heterocycles. The highest BCUT2D eigenvalue weighted by Gasteiger charge is 2.31. The van der Waals surface area contributed by atoms with E-state index >= 15 is 0 Å². The Morgan fingerprint density at radius 1 is 0.233 bits per heavy atom. The van der Waals surface area contributed by atoms with Gasteiger partial charge in [0.05, 0.1) is 0 Å². The van der Waals surface area contributed by atoms with Gasteiger partial charge in [-0.25, -0.2) is 29.9 Å². The third-order valence-electron chi connectivity index (χ3n) is 16.9. The second-order valence-corrected chi connectivity index (χ2v) is 29.7. The molecular weight excluding hydrogens is 1050 g/mol. The summed E-state index contributed by atoms with van der Waals surface area (Å²) in [7, 11) is 0. The molecule has 10 heteroatoms. The van der Waals surface area contributed by atoms with Gasteiger partial charge in [0.1, 0.15) is 34.0 Å². The summed E-state index contributed by atoms with van der Waals surface area (Å²) >= 11 is 0. The Hall–Kier alpha value is -8.76. The van der Waals surface area contributed by atoms with Gasteiger partial charge in [-0.2, -0.15) is 0 Å². The maximum absolute atomic E-state index is 7.09. The number of fused-ring (bicyclic) bond motifs is 8. The molecule has 0 amide bonds. The van der Waals surface area contributed by atoms with Crippen LogP contribution >= 0.6 is 0 Å². The fourth-order valence-corrected chi connectivity index (χ4v) is 11.4. The average Bonchev–Trinajstić information content (AvgIpc) is 1.82. The molecule has 8 bridgehead atoms. The normalized spacial score (nSPS) is 13.7. The van der Waals surface area contributed by atoms with Crippen LogP contribution in [-0.2, 0) is 32.5 Å². The Morgan fingerprint density at radius 2 is 0.407 bits per heavy atom. The highest BCUT2D eigenvalue weighted by molar-refractivity contribution is 6.07. The first-order valence-corrected chi connectivity index (χ1v) is 30.2. The van der Waals surface area contributed by atoms with E-state index in [0.717, 1.165) is 66.8 Å². The zero-order valence-electron chi connectivity index (χ0n) is 53.7. The van der Waals surface area contributed by atoms with Gasteiger partial charge < -0.3 is 21.4 Å². The van der Waals surface area contributed by atoms with Crippen LogP contribution in [0, 0.1) is 0 Å². The summed E-state index contributed by atoms with van der Waals surface area (Å²) in [5.74, 6) is 1.41. The second-order valence-electron chi connectivity index (χ2n) is 29.7. The molecule has 9 aromatic rings. The van der Waals surface area contributed by atoms with Crippen LogP contribution in [0.2, 0.25) is 0 Å². The summed E-state index contributed by atoms with van der Waals surface area (Å²) in [4.78, 5) is 40.8. The zero-order valence-corrected chi connectivity index (χ0v) is 53.7. The molecule has 6 aromatic carbocycles. The smallest absolute Gasteiger partial charge is 0.181 e. The molecule has 0 fully saturated rings. The fourth-order valence-electron chi connectivity index (χ4n) is 11.4. The predicted octanol–water partition coefficient (Wildman–Crippen LogP) is 18.1. The van der Waals surface area contributed by atoms with E-state index < -0.39 is 0 Å². The Bertz CT molecular complexity index is 4040. The van der Waals surface area contributed by atoms with Gasteiger partial charge in [0.2, 0.25) is 0 Å². The summed E-state index contributed by atoms with van der Waals surface area (Å²) in [6.45, 7) is 40.2. The highest BCUT2D eigenvalue weighted by Crippen LogP contribution is 2.45. The predicted molar refractivity (Wildman–Crippen MR) is 359 cm³/mol. The van der Waals surface area contributed by atoms with Crippen LogP contribution in [0.25, 0.3) is 89.6 Å². The Kier molecular flexibility index (Phi) is 14.4. The van der Waals surface area contributed by atoms with Crippen molar-refractivity contribution < 1.29 is 0 Å². The summed E-state index contributed by atoms with van der Waals surface area (Å²) in [6, 6.07) is 52.8. The summed E-state index contributed by atoms with van der Waals surface area (Å²) in [5, 5.41) is 0.